The third-order valence-electron chi connectivity index (χ3n) is 19.7. The van der Waals surface area contributed by atoms with Crippen LogP contribution in [0.25, 0.3) is 181 Å². The summed E-state index contributed by atoms with van der Waals surface area (Å²) < 4.78 is 46.2. The van der Waals surface area contributed by atoms with E-state index in [0.717, 1.165) is 160 Å². The lowest BCUT2D eigenvalue weighted by Gasteiger charge is -2.21. The maximum atomic E-state index is 16.2. The number of benzene rings is 14. The predicted octanol–water partition coefficient (Wildman–Crippen LogP) is 22.8. The van der Waals surface area contributed by atoms with Gasteiger partial charge in [-0.3, -0.25) is 0 Å². The van der Waals surface area contributed by atoms with Gasteiger partial charge in [-0.2, -0.15) is 0 Å². The molecule has 14 aromatic carbocycles. The average Bonchev–Trinajstić information content (AvgIpc) is 1.54. The molecular formula is C85H49F2N7. The van der Waals surface area contributed by atoms with Gasteiger partial charge in [0.25, 0.3) is 0 Å². The van der Waals surface area contributed by atoms with Crippen molar-refractivity contribution in [3.8, 4) is 45.3 Å². The molecule has 0 aliphatic rings. The summed E-state index contributed by atoms with van der Waals surface area (Å²) in [5, 5.41) is 13.0. The first kappa shape index (κ1) is 52.0. The highest BCUT2D eigenvalue weighted by molar-refractivity contribution is 6.17. The minimum atomic E-state index is -0.725. The normalized spacial score (nSPS) is 12.1. The van der Waals surface area contributed by atoms with Crippen LogP contribution in [-0.2, 0) is 0 Å². The Kier molecular flexibility index (Phi) is 10.9. The Balaban J connectivity index is 0.944. The van der Waals surface area contributed by atoms with Crippen molar-refractivity contribution in [2.75, 3.05) is 0 Å². The van der Waals surface area contributed by atoms with E-state index in [9.17, 15) is 6.57 Å². The summed E-state index contributed by atoms with van der Waals surface area (Å²) >= 11 is 0. The van der Waals surface area contributed by atoms with E-state index < -0.39 is 11.6 Å². The van der Waals surface area contributed by atoms with Crippen LogP contribution in [0, 0.1) is 18.2 Å². The Morgan fingerprint density at radius 3 is 0.766 bits per heavy atom. The van der Waals surface area contributed by atoms with Gasteiger partial charge in [0, 0.05) is 93.5 Å². The molecule has 94 heavy (non-hydrogen) atoms. The van der Waals surface area contributed by atoms with Crippen LogP contribution in [0.4, 0.5) is 14.5 Å². The molecule has 0 aliphatic heterocycles. The van der Waals surface area contributed by atoms with E-state index in [4.69, 9.17) is 4.85 Å². The van der Waals surface area contributed by atoms with Gasteiger partial charge < -0.3 is 27.4 Å². The first-order valence-corrected chi connectivity index (χ1v) is 31.6. The lowest BCUT2D eigenvalue weighted by atomic mass is 10.00. The van der Waals surface area contributed by atoms with Crippen molar-refractivity contribution in [3.05, 3.63) is 320 Å². The highest BCUT2D eigenvalue weighted by atomic mass is 19.1. The minimum absolute atomic E-state index is 0.286. The number of fused-ring (bicyclic) bond motifs is 18. The fourth-order valence-corrected chi connectivity index (χ4v) is 15.9. The molecule has 0 radical (unpaired) electrons. The molecule has 0 saturated carbocycles. The zero-order chi connectivity index (χ0) is 62.0. The van der Waals surface area contributed by atoms with Gasteiger partial charge in [-0.1, -0.05) is 176 Å². The van der Waals surface area contributed by atoms with E-state index in [2.05, 4.69) is 294 Å². The second-order valence-corrected chi connectivity index (χ2v) is 24.6. The fourth-order valence-electron chi connectivity index (χ4n) is 15.9. The van der Waals surface area contributed by atoms with Crippen LogP contribution in [0.2, 0.25) is 0 Å². The first-order chi connectivity index (χ1) is 46.4. The van der Waals surface area contributed by atoms with Gasteiger partial charge in [0.2, 0.25) is 5.69 Å². The van der Waals surface area contributed by atoms with Crippen molar-refractivity contribution >= 4 is 137 Å². The molecule has 0 fully saturated rings. The van der Waals surface area contributed by atoms with Gasteiger partial charge in [-0.15, -0.1) is 0 Å². The SMILES string of the molecule is [C-]#[N+]c1c(-n2c3cc(-n4c5ccccc5c5ccccc54)ccc3c3ccc(-n4c5ccccc5c5ccccc54)cc32)ccc(-c2cc(F)cc(F)c2)c1-n1c2cc(-n3c4ccccc4c4ccccc43)ccc2c2ccc(-n3c4ccccc4c4ccccc43)cc21. The number of hydrogen-bond acceptors (Lipinski definition) is 0. The molecule has 6 heterocycles. The van der Waals surface area contributed by atoms with Crippen LogP contribution < -0.4 is 0 Å². The number of halogens is 2. The van der Waals surface area contributed by atoms with Crippen molar-refractivity contribution in [2.24, 2.45) is 0 Å². The van der Waals surface area contributed by atoms with E-state index in [1.807, 2.05) is 12.1 Å². The summed E-state index contributed by atoms with van der Waals surface area (Å²) in [6.45, 7) is 9.89. The average molecular weight is 1210 g/mol. The number of para-hydroxylation sites is 8. The van der Waals surface area contributed by atoms with E-state index in [1.165, 1.54) is 12.1 Å². The van der Waals surface area contributed by atoms with Crippen molar-refractivity contribution in [2.45, 2.75) is 0 Å². The second kappa shape index (κ2) is 19.6. The molecule has 0 unspecified atom stereocenters. The van der Waals surface area contributed by atoms with Gasteiger partial charge >= 0.3 is 0 Å². The Labute approximate surface area is 535 Å². The molecule has 20 rings (SSSR count). The Bertz CT molecular complexity index is 6160. The number of hydrogen-bond donors (Lipinski definition) is 0. The topological polar surface area (TPSA) is 33.9 Å². The van der Waals surface area contributed by atoms with Gasteiger partial charge in [0.05, 0.1) is 84.1 Å². The van der Waals surface area contributed by atoms with E-state index >= 15 is 8.78 Å². The molecule has 0 spiro atoms. The maximum absolute atomic E-state index is 16.2. The third kappa shape index (κ3) is 7.27. The second-order valence-electron chi connectivity index (χ2n) is 24.6. The summed E-state index contributed by atoms with van der Waals surface area (Å²) in [5.74, 6) is -1.45. The summed E-state index contributed by atoms with van der Waals surface area (Å²) in [6, 6.07) is 102. The van der Waals surface area contributed by atoms with Crippen molar-refractivity contribution in [1.82, 2.24) is 27.4 Å². The number of aromatic nitrogens is 6. The van der Waals surface area contributed by atoms with Crippen molar-refractivity contribution in [3.63, 3.8) is 0 Å². The minimum Gasteiger partial charge on any atom is -0.319 e. The molecular weight excluding hydrogens is 1160 g/mol. The zero-order valence-corrected chi connectivity index (χ0v) is 50.2. The summed E-state index contributed by atoms with van der Waals surface area (Å²) in [5.41, 5.74) is 17.7. The van der Waals surface area contributed by atoms with Gasteiger partial charge in [-0.05, 0) is 126 Å². The van der Waals surface area contributed by atoms with Crippen molar-refractivity contribution < 1.29 is 8.78 Å². The molecule has 7 nitrogen and oxygen atoms in total. The standard InChI is InChI=1S/C85H49F2N7/c1-88-84-79(93-80-47-54(89-71-26-10-2-18-59(71)60-19-3-11-27-72(60)89)34-38-67(80)68-39-35-55(48-81(68)93)90-73-28-12-4-20-61(73)62-21-5-13-29-74(62)90)43-42-58(51-44-52(86)46-53(87)45-51)85(84)94-82-49-56(91-75-30-14-6-22-63(75)64-23-7-15-31-76(64)91)36-40-69(82)70-41-37-57(50-83(70)94)92-77-32-16-8-24-65(77)66-25-9-17-33-78(66)92/h2-50H. The molecule has 0 N–H and O–H groups in total. The van der Waals surface area contributed by atoms with Gasteiger partial charge in [0.15, 0.2) is 0 Å². The lowest BCUT2D eigenvalue weighted by molar-refractivity contribution is 0.584. The summed E-state index contributed by atoms with van der Waals surface area (Å²) in [6.07, 6.45) is 0. The maximum Gasteiger partial charge on any atom is 0.234 e. The lowest BCUT2D eigenvalue weighted by Crippen LogP contribution is -2.04. The number of nitrogens with zero attached hydrogens (tertiary/aromatic N) is 7. The quantitative estimate of drug-likeness (QED) is 0.143. The van der Waals surface area contributed by atoms with Crippen molar-refractivity contribution in [1.29, 1.82) is 0 Å². The highest BCUT2D eigenvalue weighted by Crippen LogP contribution is 2.49. The van der Waals surface area contributed by atoms with Gasteiger partial charge in [-0.25, -0.2) is 13.6 Å². The molecule has 20 aromatic rings. The van der Waals surface area contributed by atoms with Crippen LogP contribution in [0.15, 0.2) is 297 Å². The zero-order valence-electron chi connectivity index (χ0n) is 50.2. The molecule has 0 saturated heterocycles. The molecule has 0 aliphatic carbocycles. The summed E-state index contributed by atoms with van der Waals surface area (Å²) in [7, 11) is 0. The molecule has 0 atom stereocenters. The van der Waals surface area contributed by atoms with Crippen LogP contribution in [-0.4, -0.2) is 27.4 Å². The third-order valence-corrected chi connectivity index (χ3v) is 19.7. The van der Waals surface area contributed by atoms with Crippen LogP contribution in [0.5, 0.6) is 0 Å². The fraction of sp³-hybridized carbons (Fsp3) is 0. The monoisotopic (exact) mass is 1210 g/mol. The highest BCUT2D eigenvalue weighted by Gasteiger charge is 2.28. The smallest absolute Gasteiger partial charge is 0.234 e. The Hall–Kier alpha value is -12.8. The van der Waals surface area contributed by atoms with Crippen LogP contribution >= 0.6 is 0 Å². The molecule has 9 heteroatoms. The molecule has 0 amide bonds. The van der Waals surface area contributed by atoms with E-state index in [0.29, 0.717) is 22.5 Å². The molecule has 6 aromatic heterocycles. The number of rotatable bonds is 7. The summed E-state index contributed by atoms with van der Waals surface area (Å²) in [4.78, 5) is 4.76. The van der Waals surface area contributed by atoms with Gasteiger partial charge in [0.1, 0.15) is 11.6 Å². The van der Waals surface area contributed by atoms with E-state index in [-0.39, 0.29) is 5.69 Å². The molecule has 438 valence electrons. The Morgan fingerprint density at radius 2 is 0.489 bits per heavy atom. The largest absolute Gasteiger partial charge is 0.319 e. The van der Waals surface area contributed by atoms with E-state index in [1.54, 1.807) is 0 Å². The first-order valence-electron chi connectivity index (χ1n) is 31.6. The van der Waals surface area contributed by atoms with Crippen LogP contribution in [0.1, 0.15) is 0 Å². The molecule has 0 bridgehead atoms. The Morgan fingerprint density at radius 1 is 0.234 bits per heavy atom. The van der Waals surface area contributed by atoms with Crippen LogP contribution in [0.3, 0.4) is 0 Å². The predicted molar refractivity (Wildman–Crippen MR) is 384 cm³/mol.